The quantitative estimate of drug-likeness (QED) is 0.379. The first-order chi connectivity index (χ1) is 17.9. The summed E-state index contributed by atoms with van der Waals surface area (Å²) in [4.78, 5) is 29.5. The van der Waals surface area contributed by atoms with Crippen LogP contribution in [0.2, 0.25) is 0 Å². The van der Waals surface area contributed by atoms with Crippen molar-refractivity contribution < 1.29 is 23.1 Å². The Kier molecular flexibility index (Phi) is 9.77. The minimum Gasteiger partial charge on any atom is -0.390 e. The first-order valence-electron chi connectivity index (χ1n) is 13.4. The van der Waals surface area contributed by atoms with Crippen LogP contribution < -0.4 is 10.6 Å². The van der Waals surface area contributed by atoms with E-state index in [2.05, 4.69) is 15.5 Å². The first kappa shape index (κ1) is 29.7. The number of carbonyl (C=O) groups excluding carboxylic acids is 2. The number of sulfone groups is 1. The lowest BCUT2D eigenvalue weighted by Crippen LogP contribution is -2.60. The number of hydrogen-bond donors (Lipinski definition) is 3. The van der Waals surface area contributed by atoms with E-state index in [1.54, 1.807) is 0 Å². The molecule has 1 aromatic carbocycles. The van der Waals surface area contributed by atoms with Crippen LogP contribution in [0.3, 0.4) is 0 Å². The van der Waals surface area contributed by atoms with Crippen LogP contribution in [0.5, 0.6) is 0 Å². The van der Waals surface area contributed by atoms with E-state index in [9.17, 15) is 23.1 Å². The van der Waals surface area contributed by atoms with Gasteiger partial charge in [-0.15, -0.1) is 11.8 Å². The van der Waals surface area contributed by atoms with E-state index in [4.69, 9.17) is 0 Å². The van der Waals surface area contributed by atoms with Crippen LogP contribution in [-0.4, -0.2) is 95.3 Å². The molecule has 3 fully saturated rings. The molecule has 4 rings (SSSR count). The zero-order chi connectivity index (χ0) is 27.5. The van der Waals surface area contributed by atoms with E-state index in [0.717, 1.165) is 30.0 Å². The first-order valence-corrected chi connectivity index (χ1v) is 17.3. The summed E-state index contributed by atoms with van der Waals surface area (Å²) in [6.45, 7) is 6.91. The lowest BCUT2D eigenvalue weighted by atomic mass is 9.89. The predicted octanol–water partition coefficient (Wildman–Crippen LogP) is 2.17. The summed E-state index contributed by atoms with van der Waals surface area (Å²) in [6, 6.07) is 8.86. The Bertz CT molecular complexity index is 1080. The van der Waals surface area contributed by atoms with Crippen LogP contribution in [-0.2, 0) is 19.4 Å². The third-order valence-electron chi connectivity index (χ3n) is 7.50. The summed E-state index contributed by atoms with van der Waals surface area (Å²) in [5, 5.41) is 18.0. The van der Waals surface area contributed by atoms with Gasteiger partial charge in [-0.25, -0.2) is 8.42 Å². The van der Waals surface area contributed by atoms with Gasteiger partial charge in [-0.1, -0.05) is 18.2 Å². The van der Waals surface area contributed by atoms with Crippen molar-refractivity contribution in [2.75, 3.05) is 36.1 Å². The van der Waals surface area contributed by atoms with Crippen molar-refractivity contribution >= 4 is 45.2 Å². The Labute approximate surface area is 235 Å². The predicted molar refractivity (Wildman–Crippen MR) is 154 cm³/mol. The average molecular weight is 584 g/mol. The van der Waals surface area contributed by atoms with Crippen LogP contribution in [0.25, 0.3) is 0 Å². The monoisotopic (exact) mass is 583 g/mol. The van der Waals surface area contributed by atoms with Gasteiger partial charge in [-0.05, 0) is 63.8 Å². The summed E-state index contributed by atoms with van der Waals surface area (Å²) >= 11 is 3.48. The number of thioether (sulfide) groups is 2. The molecule has 0 aliphatic carbocycles. The molecule has 3 aliphatic rings. The number of nitrogens with one attached hydrogen (secondary N) is 2. The minimum absolute atomic E-state index is 0.0222. The number of β-amino-alcohol motifs (C(OH)–C–C–N with tert-alkyl or cyclic N) is 1. The van der Waals surface area contributed by atoms with Crippen LogP contribution >= 0.6 is 23.5 Å². The van der Waals surface area contributed by atoms with Crippen LogP contribution in [0.15, 0.2) is 35.2 Å². The largest absolute Gasteiger partial charge is 0.390 e. The zero-order valence-electron chi connectivity index (χ0n) is 22.5. The van der Waals surface area contributed by atoms with Gasteiger partial charge in [0.1, 0.15) is 0 Å². The van der Waals surface area contributed by atoms with Crippen molar-refractivity contribution in [2.45, 2.75) is 73.9 Å². The van der Waals surface area contributed by atoms with E-state index in [1.807, 2.05) is 62.9 Å². The van der Waals surface area contributed by atoms with Gasteiger partial charge in [-0.2, -0.15) is 11.8 Å². The normalized spacial score (nSPS) is 28.8. The van der Waals surface area contributed by atoms with Crippen molar-refractivity contribution in [2.24, 2.45) is 11.8 Å². The fourth-order valence-corrected chi connectivity index (χ4v) is 9.83. The molecule has 0 aromatic heterocycles. The lowest BCUT2D eigenvalue weighted by Gasteiger charge is -2.43. The fourth-order valence-electron chi connectivity index (χ4n) is 5.51. The van der Waals surface area contributed by atoms with Gasteiger partial charge in [-0.3, -0.25) is 14.5 Å². The summed E-state index contributed by atoms with van der Waals surface area (Å²) in [5.74, 6) is 0.962. The molecule has 1 aromatic rings. The summed E-state index contributed by atoms with van der Waals surface area (Å²) < 4.78 is 23.9. The molecular weight excluding hydrogens is 543 g/mol. The van der Waals surface area contributed by atoms with Gasteiger partial charge >= 0.3 is 0 Å². The standard InChI is InChI=1S/C27H41N3O5S3/c1-27(2,3)29-26(33)22-13-24-18(9-11-36-24)14-30(22)15-23(31)21(16-37-20-7-5-4-6-8-20)28-25(32)19-10-12-38(34,35)17-19/h4-8,18-19,21-24,31H,9-17H2,1-3H3,(H,28,32)(H,29,33)/t18-,19?,21+,22+,23-,24+/m1/s1. The average Bonchev–Trinajstić information content (AvgIpc) is 3.45. The van der Waals surface area contributed by atoms with Crippen molar-refractivity contribution in [1.82, 2.24) is 15.5 Å². The number of piperidine rings is 1. The number of aliphatic hydroxyl groups is 1. The van der Waals surface area contributed by atoms with E-state index in [0.29, 0.717) is 23.3 Å². The number of hydrogen-bond acceptors (Lipinski definition) is 8. The molecule has 8 nitrogen and oxygen atoms in total. The number of benzene rings is 1. The molecule has 1 unspecified atom stereocenters. The van der Waals surface area contributed by atoms with Crippen LogP contribution in [0.1, 0.15) is 40.0 Å². The van der Waals surface area contributed by atoms with Crippen LogP contribution in [0.4, 0.5) is 0 Å². The number of aliphatic hydroxyl groups excluding tert-OH is 1. The maximum absolute atomic E-state index is 13.3. The molecule has 0 saturated carbocycles. The topological polar surface area (TPSA) is 116 Å². The van der Waals surface area contributed by atoms with Crippen molar-refractivity contribution in [3.63, 3.8) is 0 Å². The van der Waals surface area contributed by atoms with Crippen molar-refractivity contribution in [3.05, 3.63) is 30.3 Å². The molecular formula is C27H41N3O5S3. The maximum atomic E-state index is 13.3. The Balaban J connectivity index is 1.48. The second kappa shape index (κ2) is 12.5. The second-order valence-electron chi connectivity index (χ2n) is 11.8. The molecule has 3 N–H and O–H groups in total. The number of rotatable bonds is 9. The molecule has 11 heteroatoms. The summed E-state index contributed by atoms with van der Waals surface area (Å²) in [7, 11) is -3.20. The highest BCUT2D eigenvalue weighted by Gasteiger charge is 2.43. The maximum Gasteiger partial charge on any atom is 0.237 e. The Morgan fingerprint density at radius 2 is 1.92 bits per heavy atom. The number of amides is 2. The van der Waals surface area contributed by atoms with E-state index >= 15 is 0 Å². The Morgan fingerprint density at radius 1 is 1.18 bits per heavy atom. The van der Waals surface area contributed by atoms with E-state index < -0.39 is 27.9 Å². The van der Waals surface area contributed by atoms with E-state index in [1.165, 1.54) is 11.8 Å². The summed E-state index contributed by atoms with van der Waals surface area (Å²) in [5.41, 5.74) is -0.356. The summed E-state index contributed by atoms with van der Waals surface area (Å²) in [6.07, 6.45) is 1.25. The van der Waals surface area contributed by atoms with Gasteiger partial charge in [0, 0.05) is 34.5 Å². The minimum atomic E-state index is -3.20. The zero-order valence-corrected chi connectivity index (χ0v) is 24.9. The Morgan fingerprint density at radius 3 is 2.58 bits per heavy atom. The molecule has 3 saturated heterocycles. The van der Waals surface area contributed by atoms with Crippen molar-refractivity contribution in [3.8, 4) is 0 Å². The molecule has 6 atom stereocenters. The molecule has 212 valence electrons. The third kappa shape index (κ3) is 8.13. The van der Waals surface area contributed by atoms with Crippen molar-refractivity contribution in [1.29, 1.82) is 0 Å². The van der Waals surface area contributed by atoms with Gasteiger partial charge in [0.05, 0.1) is 35.6 Å². The molecule has 3 aliphatic heterocycles. The highest BCUT2D eigenvalue weighted by atomic mass is 32.2. The number of likely N-dealkylation sites (tertiary alicyclic amines) is 1. The number of fused-ring (bicyclic) bond motifs is 1. The molecule has 0 radical (unpaired) electrons. The molecule has 0 bridgehead atoms. The fraction of sp³-hybridized carbons (Fsp3) is 0.704. The van der Waals surface area contributed by atoms with Gasteiger partial charge in [0.2, 0.25) is 11.8 Å². The highest BCUT2D eigenvalue weighted by Crippen LogP contribution is 2.40. The number of nitrogens with zero attached hydrogens (tertiary/aromatic N) is 1. The van der Waals surface area contributed by atoms with Gasteiger partial charge < -0.3 is 15.7 Å². The third-order valence-corrected chi connectivity index (χ3v) is 11.9. The van der Waals surface area contributed by atoms with Gasteiger partial charge in [0.15, 0.2) is 9.84 Å². The lowest BCUT2D eigenvalue weighted by molar-refractivity contribution is -0.131. The highest BCUT2D eigenvalue weighted by molar-refractivity contribution is 8.00. The molecule has 2 amide bonds. The molecule has 0 spiro atoms. The second-order valence-corrected chi connectivity index (χ2v) is 16.5. The van der Waals surface area contributed by atoms with Gasteiger partial charge in [0.25, 0.3) is 0 Å². The number of carbonyl (C=O) groups is 2. The van der Waals surface area contributed by atoms with Crippen LogP contribution in [0, 0.1) is 11.8 Å². The molecule has 38 heavy (non-hydrogen) atoms. The van der Waals surface area contributed by atoms with E-state index in [-0.39, 0.29) is 41.4 Å². The smallest absolute Gasteiger partial charge is 0.237 e. The molecule has 3 heterocycles. The SMILES string of the molecule is CC(C)(C)NC(=O)[C@@H]1C[C@@H]2SCC[C@@H]2CN1C[C@@H](O)[C@H](CSc1ccccc1)NC(=O)C1CCS(=O)(=O)C1. The Hall–Kier alpha value is -1.27.